The van der Waals surface area contributed by atoms with E-state index in [1.807, 2.05) is 18.2 Å². The Morgan fingerprint density at radius 2 is 2.38 bits per heavy atom. The van der Waals surface area contributed by atoms with Crippen LogP contribution in [0.5, 0.6) is 5.75 Å². The number of rotatable bonds is 4. The first-order valence-electron chi connectivity index (χ1n) is 4.59. The lowest BCUT2D eigenvalue weighted by molar-refractivity contribution is 0.412. The molecule has 0 spiro atoms. The number of methoxy groups -OCH3 is 1. The van der Waals surface area contributed by atoms with Crippen LogP contribution >= 0.6 is 15.9 Å². The fourth-order valence-electron chi connectivity index (χ4n) is 1.24. The number of anilines is 1. The van der Waals surface area contributed by atoms with Crippen molar-refractivity contribution < 1.29 is 4.74 Å². The van der Waals surface area contributed by atoms with Crippen LogP contribution in [0.25, 0.3) is 0 Å². The maximum Gasteiger partial charge on any atom is 0.263 e. The zero-order valence-corrected chi connectivity index (χ0v) is 10.2. The van der Waals surface area contributed by atoms with Gasteiger partial charge in [-0.3, -0.25) is 0 Å². The van der Waals surface area contributed by atoms with E-state index >= 15 is 0 Å². The second-order valence-corrected chi connectivity index (χ2v) is 3.91. The predicted molar refractivity (Wildman–Crippen MR) is 62.2 cm³/mol. The Morgan fingerprint density at radius 1 is 1.50 bits per heavy atom. The van der Waals surface area contributed by atoms with E-state index in [0.717, 1.165) is 15.8 Å². The van der Waals surface area contributed by atoms with Crippen LogP contribution in [0.3, 0.4) is 0 Å². The SMILES string of the molecule is COc1ccc(CNc2nn[nH]n2)cc1Br. The molecule has 1 heterocycles. The number of nitrogens with one attached hydrogen (secondary N) is 2. The minimum Gasteiger partial charge on any atom is -0.496 e. The van der Waals surface area contributed by atoms with Crippen molar-refractivity contribution in [1.29, 1.82) is 0 Å². The quantitative estimate of drug-likeness (QED) is 0.891. The first-order valence-corrected chi connectivity index (χ1v) is 5.38. The van der Waals surface area contributed by atoms with E-state index in [-0.39, 0.29) is 0 Å². The van der Waals surface area contributed by atoms with Crippen molar-refractivity contribution >= 4 is 21.9 Å². The van der Waals surface area contributed by atoms with Gasteiger partial charge in [-0.25, -0.2) is 0 Å². The first kappa shape index (κ1) is 10.9. The van der Waals surface area contributed by atoms with E-state index in [4.69, 9.17) is 4.74 Å². The summed E-state index contributed by atoms with van der Waals surface area (Å²) in [6, 6.07) is 5.85. The summed E-state index contributed by atoms with van der Waals surface area (Å²) in [5.74, 6) is 1.29. The van der Waals surface area contributed by atoms with Gasteiger partial charge in [0.05, 0.1) is 11.6 Å². The second-order valence-electron chi connectivity index (χ2n) is 3.06. The van der Waals surface area contributed by atoms with E-state index in [9.17, 15) is 0 Å². The van der Waals surface area contributed by atoms with E-state index in [1.165, 1.54) is 0 Å². The third kappa shape index (κ3) is 2.48. The highest BCUT2D eigenvalue weighted by Gasteiger charge is 2.02. The third-order valence-corrected chi connectivity index (χ3v) is 2.63. The average Bonchev–Trinajstić information content (AvgIpc) is 2.79. The Bertz CT molecular complexity index is 459. The molecule has 2 aromatic rings. The van der Waals surface area contributed by atoms with E-state index in [2.05, 4.69) is 41.9 Å². The van der Waals surface area contributed by atoms with Gasteiger partial charge in [0.15, 0.2) is 0 Å². The van der Waals surface area contributed by atoms with Crippen molar-refractivity contribution in [3.63, 3.8) is 0 Å². The van der Waals surface area contributed by atoms with Gasteiger partial charge in [-0.2, -0.15) is 5.21 Å². The summed E-state index contributed by atoms with van der Waals surface area (Å²) in [6.07, 6.45) is 0. The Balaban J connectivity index is 2.02. The van der Waals surface area contributed by atoms with Gasteiger partial charge in [0.25, 0.3) is 5.95 Å². The van der Waals surface area contributed by atoms with E-state index in [1.54, 1.807) is 7.11 Å². The molecule has 1 aromatic carbocycles. The van der Waals surface area contributed by atoms with Crippen LogP contribution in [-0.2, 0) is 6.54 Å². The molecule has 16 heavy (non-hydrogen) atoms. The number of benzene rings is 1. The molecule has 2 N–H and O–H groups in total. The van der Waals surface area contributed by atoms with Crippen LogP contribution in [-0.4, -0.2) is 27.7 Å². The molecule has 0 radical (unpaired) electrons. The zero-order valence-electron chi connectivity index (χ0n) is 8.57. The van der Waals surface area contributed by atoms with E-state index in [0.29, 0.717) is 12.5 Å². The Kier molecular flexibility index (Phi) is 3.35. The van der Waals surface area contributed by atoms with Crippen molar-refractivity contribution in [2.24, 2.45) is 0 Å². The minimum atomic E-state index is 0.479. The Morgan fingerprint density at radius 3 is 3.00 bits per heavy atom. The first-order chi connectivity index (χ1) is 7.79. The molecule has 0 aliphatic rings. The molecule has 0 aliphatic carbocycles. The van der Waals surface area contributed by atoms with Crippen molar-refractivity contribution in [2.75, 3.05) is 12.4 Å². The lowest BCUT2D eigenvalue weighted by atomic mass is 10.2. The largest absolute Gasteiger partial charge is 0.496 e. The van der Waals surface area contributed by atoms with Crippen molar-refractivity contribution in [2.45, 2.75) is 6.54 Å². The molecule has 84 valence electrons. The molecule has 1 aromatic heterocycles. The lowest BCUT2D eigenvalue weighted by Crippen LogP contribution is -2.01. The number of nitrogens with zero attached hydrogens (tertiary/aromatic N) is 3. The molecule has 0 fully saturated rings. The van der Waals surface area contributed by atoms with Crippen LogP contribution in [0, 0.1) is 0 Å². The number of hydrogen-bond donors (Lipinski definition) is 2. The number of halogens is 1. The highest BCUT2D eigenvalue weighted by molar-refractivity contribution is 9.10. The number of tetrazole rings is 1. The smallest absolute Gasteiger partial charge is 0.263 e. The maximum atomic E-state index is 5.14. The summed E-state index contributed by atoms with van der Waals surface area (Å²) in [6.45, 7) is 0.627. The van der Waals surface area contributed by atoms with Gasteiger partial charge in [0.1, 0.15) is 5.75 Å². The van der Waals surface area contributed by atoms with Gasteiger partial charge in [-0.05, 0) is 38.8 Å². The number of hydrogen-bond acceptors (Lipinski definition) is 5. The number of aromatic amines is 1. The predicted octanol–water partition coefficient (Wildman–Crippen LogP) is 1.58. The number of H-pyrrole nitrogens is 1. The normalized spacial score (nSPS) is 10.1. The maximum absolute atomic E-state index is 5.14. The fourth-order valence-corrected chi connectivity index (χ4v) is 1.83. The lowest BCUT2D eigenvalue weighted by Gasteiger charge is -2.06. The highest BCUT2D eigenvalue weighted by Crippen LogP contribution is 2.25. The Hall–Kier alpha value is -1.63. The van der Waals surface area contributed by atoms with E-state index < -0.39 is 0 Å². The highest BCUT2D eigenvalue weighted by atomic mass is 79.9. The monoisotopic (exact) mass is 283 g/mol. The van der Waals surface area contributed by atoms with Crippen molar-refractivity contribution in [1.82, 2.24) is 20.6 Å². The molecule has 2 rings (SSSR count). The van der Waals surface area contributed by atoms with Crippen LogP contribution in [0.2, 0.25) is 0 Å². The van der Waals surface area contributed by atoms with Crippen LogP contribution in [0.15, 0.2) is 22.7 Å². The van der Waals surface area contributed by atoms with Gasteiger partial charge in [-0.15, -0.1) is 5.10 Å². The standard InChI is InChI=1S/C9H10BrN5O/c1-16-8-3-2-6(4-7(8)10)5-11-9-12-14-15-13-9/h2-4H,5H2,1H3,(H2,11,12,13,14,15). The summed E-state index contributed by atoms with van der Waals surface area (Å²) < 4.78 is 6.06. The molecule has 0 aliphatic heterocycles. The molecular weight excluding hydrogens is 274 g/mol. The molecule has 0 unspecified atom stereocenters. The fraction of sp³-hybridized carbons (Fsp3) is 0.222. The van der Waals surface area contributed by atoms with Gasteiger partial charge in [0.2, 0.25) is 0 Å². The summed E-state index contributed by atoms with van der Waals surface area (Å²) >= 11 is 3.42. The minimum absolute atomic E-state index is 0.479. The topological polar surface area (TPSA) is 75.7 Å². The van der Waals surface area contributed by atoms with Gasteiger partial charge in [-0.1, -0.05) is 11.2 Å². The molecule has 7 heteroatoms. The molecule has 0 amide bonds. The third-order valence-electron chi connectivity index (χ3n) is 2.01. The summed E-state index contributed by atoms with van der Waals surface area (Å²) in [7, 11) is 1.64. The summed E-state index contributed by atoms with van der Waals surface area (Å²) in [5.41, 5.74) is 1.09. The summed E-state index contributed by atoms with van der Waals surface area (Å²) in [4.78, 5) is 0. The van der Waals surface area contributed by atoms with Crippen molar-refractivity contribution in [3.05, 3.63) is 28.2 Å². The molecular formula is C9H10BrN5O. The van der Waals surface area contributed by atoms with Crippen molar-refractivity contribution in [3.8, 4) is 5.75 Å². The second kappa shape index (κ2) is 4.93. The molecule has 6 nitrogen and oxygen atoms in total. The molecule has 0 atom stereocenters. The summed E-state index contributed by atoms with van der Waals surface area (Å²) in [5, 5.41) is 16.4. The number of ether oxygens (including phenoxy) is 1. The molecule has 0 saturated heterocycles. The average molecular weight is 284 g/mol. The molecule has 0 saturated carbocycles. The van der Waals surface area contributed by atoms with Gasteiger partial charge < -0.3 is 10.1 Å². The van der Waals surface area contributed by atoms with Crippen LogP contribution in [0.1, 0.15) is 5.56 Å². The van der Waals surface area contributed by atoms with Gasteiger partial charge >= 0.3 is 0 Å². The zero-order chi connectivity index (χ0) is 11.4. The van der Waals surface area contributed by atoms with Crippen LogP contribution in [0.4, 0.5) is 5.95 Å². The Labute approximate surface area is 101 Å². The number of aromatic nitrogens is 4. The van der Waals surface area contributed by atoms with Gasteiger partial charge in [0, 0.05) is 6.54 Å². The van der Waals surface area contributed by atoms with Crippen LogP contribution < -0.4 is 10.1 Å². The molecule has 0 bridgehead atoms.